The van der Waals surface area contributed by atoms with Crippen molar-refractivity contribution in [2.24, 2.45) is 0 Å². The lowest BCUT2D eigenvalue weighted by molar-refractivity contribution is -0.894. The van der Waals surface area contributed by atoms with E-state index in [1.165, 1.54) is 16.2 Å². The number of hydrogen-bond acceptors (Lipinski definition) is 5. The fourth-order valence-corrected chi connectivity index (χ4v) is 4.07. The van der Waals surface area contributed by atoms with E-state index in [-0.39, 0.29) is 12.5 Å². The SMILES string of the molecule is CC[NH+](CC)CCN(C(=O)COc1ccccc1)c1nc2cc(OC)ccc2s1. The lowest BCUT2D eigenvalue weighted by Gasteiger charge is -2.23. The van der Waals surface area contributed by atoms with Gasteiger partial charge >= 0.3 is 0 Å². The molecule has 0 bridgehead atoms. The molecule has 0 saturated heterocycles. The summed E-state index contributed by atoms with van der Waals surface area (Å²) < 4.78 is 12.0. The molecule has 3 rings (SSSR count). The summed E-state index contributed by atoms with van der Waals surface area (Å²) in [6.07, 6.45) is 0. The second-order valence-corrected chi connectivity index (χ2v) is 7.69. The molecule has 1 aromatic heterocycles. The maximum absolute atomic E-state index is 13.0. The van der Waals surface area contributed by atoms with Gasteiger partial charge in [-0.25, -0.2) is 4.98 Å². The fourth-order valence-electron chi connectivity index (χ4n) is 3.08. The molecular weight excluding hydrogens is 386 g/mol. The molecule has 0 saturated carbocycles. The highest BCUT2D eigenvalue weighted by atomic mass is 32.1. The van der Waals surface area contributed by atoms with Crippen molar-refractivity contribution in [1.29, 1.82) is 0 Å². The van der Waals surface area contributed by atoms with Crippen LogP contribution in [-0.4, -0.2) is 50.8 Å². The maximum atomic E-state index is 13.0. The number of methoxy groups -OCH3 is 1. The largest absolute Gasteiger partial charge is 0.497 e. The molecule has 2 aromatic carbocycles. The number of fused-ring (bicyclic) bond motifs is 1. The van der Waals surface area contributed by atoms with Crippen LogP contribution in [0.5, 0.6) is 11.5 Å². The molecule has 0 unspecified atom stereocenters. The summed E-state index contributed by atoms with van der Waals surface area (Å²) in [6, 6.07) is 15.2. The van der Waals surface area contributed by atoms with Gasteiger partial charge in [-0.3, -0.25) is 9.69 Å². The third-order valence-corrected chi connectivity index (χ3v) is 5.97. The molecule has 0 fully saturated rings. The van der Waals surface area contributed by atoms with Crippen LogP contribution in [0.1, 0.15) is 13.8 Å². The summed E-state index contributed by atoms with van der Waals surface area (Å²) in [5, 5.41) is 0.696. The first-order valence-corrected chi connectivity index (χ1v) is 10.7. The van der Waals surface area contributed by atoms with Crippen molar-refractivity contribution in [3.05, 3.63) is 48.5 Å². The van der Waals surface area contributed by atoms with Crippen LogP contribution in [-0.2, 0) is 4.79 Å². The molecule has 1 N–H and O–H groups in total. The van der Waals surface area contributed by atoms with Gasteiger partial charge < -0.3 is 14.4 Å². The Bertz CT molecular complexity index is 925. The molecule has 0 aliphatic carbocycles. The zero-order valence-electron chi connectivity index (χ0n) is 17.2. The van der Waals surface area contributed by atoms with Gasteiger partial charge in [-0.1, -0.05) is 29.5 Å². The minimum atomic E-state index is -0.0913. The third-order valence-electron chi connectivity index (χ3n) is 4.91. The van der Waals surface area contributed by atoms with Crippen LogP contribution in [0.3, 0.4) is 0 Å². The monoisotopic (exact) mass is 414 g/mol. The normalized spacial score (nSPS) is 11.0. The fraction of sp³-hybridized carbons (Fsp3) is 0.364. The first kappa shape index (κ1) is 21.1. The third kappa shape index (κ3) is 5.46. The average molecular weight is 415 g/mol. The van der Waals surface area contributed by atoms with E-state index in [4.69, 9.17) is 14.5 Å². The number of likely N-dealkylation sites (N-methyl/N-ethyl adjacent to an activating group) is 1. The smallest absolute Gasteiger partial charge is 0.266 e. The quantitative estimate of drug-likeness (QED) is 0.554. The highest BCUT2D eigenvalue weighted by Gasteiger charge is 2.22. The van der Waals surface area contributed by atoms with Crippen LogP contribution < -0.4 is 19.3 Å². The average Bonchev–Trinajstić information content (AvgIpc) is 3.18. The summed E-state index contributed by atoms with van der Waals surface area (Å²) in [4.78, 5) is 20.9. The van der Waals surface area contributed by atoms with E-state index in [1.54, 1.807) is 12.0 Å². The lowest BCUT2D eigenvalue weighted by atomic mass is 10.3. The molecule has 0 radical (unpaired) electrons. The zero-order chi connectivity index (χ0) is 20.6. The molecule has 0 atom stereocenters. The minimum absolute atomic E-state index is 0.0170. The number of thiazole rings is 1. The van der Waals surface area contributed by atoms with Crippen LogP contribution in [0.4, 0.5) is 5.13 Å². The van der Waals surface area contributed by atoms with Gasteiger partial charge in [0, 0.05) is 6.07 Å². The number of nitrogens with zero attached hydrogens (tertiary/aromatic N) is 2. The van der Waals surface area contributed by atoms with Crippen molar-refractivity contribution in [3.63, 3.8) is 0 Å². The van der Waals surface area contributed by atoms with Crippen molar-refractivity contribution in [2.45, 2.75) is 13.8 Å². The summed E-state index contributed by atoms with van der Waals surface area (Å²) in [7, 11) is 1.64. The number of carbonyl (C=O) groups is 1. The topological polar surface area (TPSA) is 56.1 Å². The number of rotatable bonds is 10. The number of ether oxygens (including phenoxy) is 2. The second-order valence-electron chi connectivity index (χ2n) is 6.68. The highest BCUT2D eigenvalue weighted by Crippen LogP contribution is 2.31. The van der Waals surface area contributed by atoms with Gasteiger partial charge in [-0.2, -0.15) is 0 Å². The number of nitrogens with one attached hydrogen (secondary N) is 1. The van der Waals surface area contributed by atoms with Crippen LogP contribution >= 0.6 is 11.3 Å². The Morgan fingerprint density at radius 2 is 1.86 bits per heavy atom. The molecule has 0 aliphatic rings. The van der Waals surface area contributed by atoms with Gasteiger partial charge in [0.25, 0.3) is 5.91 Å². The standard InChI is InChI=1S/C22H27N3O3S/c1-4-24(5-2)13-14-25(21(26)16-28-17-9-7-6-8-10-17)22-23-19-15-18(27-3)11-12-20(19)29-22/h6-12,15H,4-5,13-14,16H2,1-3H3/p+1. The van der Waals surface area contributed by atoms with Crippen molar-refractivity contribution in [3.8, 4) is 11.5 Å². The number of anilines is 1. The Morgan fingerprint density at radius 1 is 1.10 bits per heavy atom. The Kier molecular flexibility index (Phi) is 7.43. The van der Waals surface area contributed by atoms with E-state index < -0.39 is 0 Å². The first-order chi connectivity index (χ1) is 14.1. The van der Waals surface area contributed by atoms with Gasteiger partial charge in [0.15, 0.2) is 11.7 Å². The summed E-state index contributed by atoms with van der Waals surface area (Å²) in [5.41, 5.74) is 0.835. The molecule has 154 valence electrons. The maximum Gasteiger partial charge on any atom is 0.266 e. The number of quaternary nitrogens is 1. The van der Waals surface area contributed by atoms with Gasteiger partial charge in [-0.15, -0.1) is 0 Å². The Morgan fingerprint density at radius 3 is 2.55 bits per heavy atom. The van der Waals surface area contributed by atoms with E-state index in [9.17, 15) is 4.79 Å². The number of benzene rings is 2. The zero-order valence-corrected chi connectivity index (χ0v) is 18.0. The summed E-state index contributed by atoms with van der Waals surface area (Å²) >= 11 is 1.52. The number of amides is 1. The predicted molar refractivity (Wildman–Crippen MR) is 117 cm³/mol. The lowest BCUT2D eigenvalue weighted by Crippen LogP contribution is -3.12. The van der Waals surface area contributed by atoms with Crippen LogP contribution in [0.2, 0.25) is 0 Å². The number of hydrogen-bond donors (Lipinski definition) is 1. The van der Waals surface area contributed by atoms with Gasteiger partial charge in [0.1, 0.15) is 11.5 Å². The molecular formula is C22H28N3O3S+. The van der Waals surface area contributed by atoms with Crippen LogP contribution in [0.15, 0.2) is 48.5 Å². The first-order valence-electron chi connectivity index (χ1n) is 9.91. The predicted octanol–water partition coefficient (Wildman–Crippen LogP) is 2.64. The number of carbonyl (C=O) groups excluding carboxylic acids is 1. The van der Waals surface area contributed by atoms with Gasteiger partial charge in [0.2, 0.25) is 0 Å². The molecule has 1 amide bonds. The van der Waals surface area contributed by atoms with Crippen molar-refractivity contribution in [2.75, 3.05) is 44.8 Å². The summed E-state index contributed by atoms with van der Waals surface area (Å²) in [5.74, 6) is 1.35. The molecule has 29 heavy (non-hydrogen) atoms. The summed E-state index contributed by atoms with van der Waals surface area (Å²) in [6.45, 7) is 7.82. The molecule has 3 aromatic rings. The van der Waals surface area contributed by atoms with Gasteiger partial charge in [0.05, 0.1) is 43.5 Å². The van der Waals surface area contributed by atoms with E-state index in [0.717, 1.165) is 35.6 Å². The number of para-hydroxylation sites is 1. The minimum Gasteiger partial charge on any atom is -0.497 e. The van der Waals surface area contributed by atoms with Crippen LogP contribution in [0, 0.1) is 0 Å². The Labute approximate surface area is 175 Å². The van der Waals surface area contributed by atoms with Crippen LogP contribution in [0.25, 0.3) is 10.2 Å². The molecule has 0 aliphatic heterocycles. The van der Waals surface area contributed by atoms with Crippen molar-refractivity contribution < 1.29 is 19.2 Å². The Hall–Kier alpha value is -2.64. The van der Waals surface area contributed by atoms with Crippen molar-refractivity contribution >= 4 is 32.6 Å². The highest BCUT2D eigenvalue weighted by molar-refractivity contribution is 7.22. The molecule has 6 nitrogen and oxygen atoms in total. The Balaban J connectivity index is 1.80. The second kappa shape index (κ2) is 10.2. The van der Waals surface area contributed by atoms with E-state index in [0.29, 0.717) is 17.4 Å². The van der Waals surface area contributed by atoms with E-state index >= 15 is 0 Å². The number of aromatic nitrogens is 1. The molecule has 0 spiro atoms. The molecule has 7 heteroatoms. The molecule has 1 heterocycles. The van der Waals surface area contributed by atoms with E-state index in [1.807, 2.05) is 48.5 Å². The van der Waals surface area contributed by atoms with Crippen molar-refractivity contribution in [1.82, 2.24) is 4.98 Å². The van der Waals surface area contributed by atoms with Gasteiger partial charge in [-0.05, 0) is 38.1 Å². The van der Waals surface area contributed by atoms with E-state index in [2.05, 4.69) is 13.8 Å².